The molecule has 0 heterocycles. The van der Waals surface area contributed by atoms with Crippen molar-refractivity contribution in [2.45, 2.75) is 45.0 Å². The fourth-order valence-electron chi connectivity index (χ4n) is 0.446. The molecule has 3 heteroatoms. The maximum atomic E-state index is 9.47. The Morgan fingerprint density at radius 2 is 1.43 bits per heavy atom. The highest BCUT2D eigenvalue weighted by atomic mass is 16.3. The summed E-state index contributed by atoms with van der Waals surface area (Å²) in [7, 11) is 0. The molecule has 0 aromatic rings. The number of hydrogen-bond acceptors (Lipinski definition) is 3. The third-order valence-corrected chi connectivity index (χ3v) is 1.56. The molecule has 0 rings (SSSR count). The van der Waals surface area contributed by atoms with Crippen molar-refractivity contribution in [3.63, 3.8) is 0 Å². The topological polar surface area (TPSA) is 60.7 Å². The lowest BCUT2D eigenvalue weighted by Gasteiger charge is -2.18. The van der Waals surface area contributed by atoms with Crippen LogP contribution in [0.25, 0.3) is 0 Å². The van der Waals surface area contributed by atoms with Gasteiger partial charge >= 0.3 is 0 Å². The van der Waals surface area contributed by atoms with E-state index >= 15 is 0 Å². The first kappa shape index (κ1) is 13.0. The Balaban J connectivity index is 4.52. The van der Waals surface area contributed by atoms with Crippen LogP contribution < -0.4 is 0 Å². The van der Waals surface area contributed by atoms with Crippen LogP contribution in [0.3, 0.4) is 0 Å². The fraction of sp³-hybridized carbons (Fsp3) is 0.636. The maximum absolute atomic E-state index is 9.47. The van der Waals surface area contributed by atoms with Gasteiger partial charge in [0.2, 0.25) is 0 Å². The predicted molar refractivity (Wildman–Crippen MR) is 54.2 cm³/mol. The molecule has 0 aliphatic rings. The average molecular weight is 196 g/mol. The minimum atomic E-state index is -1.46. The van der Waals surface area contributed by atoms with Crippen LogP contribution in [-0.2, 0) is 0 Å². The molecular formula is C11H16O3. The van der Waals surface area contributed by atoms with Crippen LogP contribution in [0.5, 0.6) is 0 Å². The predicted octanol–water partition coefficient (Wildman–Crippen LogP) is -0.104. The smallest absolute Gasteiger partial charge is 0.149 e. The second-order valence-electron chi connectivity index (χ2n) is 3.88. The van der Waals surface area contributed by atoms with E-state index in [1.165, 1.54) is 27.7 Å². The zero-order valence-corrected chi connectivity index (χ0v) is 8.92. The molecule has 2 unspecified atom stereocenters. The Labute approximate surface area is 84.8 Å². The molecule has 0 spiro atoms. The van der Waals surface area contributed by atoms with E-state index in [0.717, 1.165) is 0 Å². The van der Waals surface area contributed by atoms with Gasteiger partial charge in [0.15, 0.2) is 0 Å². The van der Waals surface area contributed by atoms with Crippen molar-refractivity contribution in [3.05, 3.63) is 0 Å². The molecule has 0 aliphatic carbocycles. The molecule has 2 atom stereocenters. The Hall–Kier alpha value is -1.00. The highest BCUT2D eigenvalue weighted by molar-refractivity contribution is 5.32. The molecule has 0 aromatic heterocycles. The van der Waals surface area contributed by atoms with Gasteiger partial charge in [-0.15, -0.1) is 0 Å². The summed E-state index contributed by atoms with van der Waals surface area (Å²) >= 11 is 0. The van der Waals surface area contributed by atoms with Crippen molar-refractivity contribution >= 4 is 0 Å². The molecule has 0 bridgehead atoms. The van der Waals surface area contributed by atoms with Gasteiger partial charge in [0.1, 0.15) is 11.2 Å². The van der Waals surface area contributed by atoms with Crippen LogP contribution in [-0.4, -0.2) is 32.6 Å². The largest absolute Gasteiger partial charge is 0.389 e. The van der Waals surface area contributed by atoms with Crippen LogP contribution in [0, 0.1) is 23.7 Å². The molecule has 78 valence electrons. The Kier molecular flexibility index (Phi) is 4.16. The fourth-order valence-corrected chi connectivity index (χ4v) is 0.446. The van der Waals surface area contributed by atoms with Gasteiger partial charge in [-0.25, -0.2) is 0 Å². The summed E-state index contributed by atoms with van der Waals surface area (Å²) in [6.45, 7) is 5.91. The zero-order chi connectivity index (χ0) is 11.4. The minimum absolute atomic E-state index is 0.945. The van der Waals surface area contributed by atoms with Gasteiger partial charge < -0.3 is 15.3 Å². The molecule has 0 saturated heterocycles. The number of rotatable bonds is 1. The Morgan fingerprint density at radius 1 is 1.00 bits per heavy atom. The monoisotopic (exact) mass is 196 g/mol. The van der Waals surface area contributed by atoms with E-state index in [-0.39, 0.29) is 0 Å². The van der Waals surface area contributed by atoms with Crippen molar-refractivity contribution in [2.75, 3.05) is 0 Å². The third kappa shape index (κ3) is 5.61. The molecule has 0 aliphatic heterocycles. The molecule has 14 heavy (non-hydrogen) atoms. The van der Waals surface area contributed by atoms with Gasteiger partial charge in [0.25, 0.3) is 0 Å². The number of hydrogen-bond donors (Lipinski definition) is 3. The second kappa shape index (κ2) is 4.48. The SMILES string of the molecule is CC(O)C(C)(O)C#CC#CC(C)(C)O. The molecule has 3 N–H and O–H groups in total. The van der Waals surface area contributed by atoms with Crippen molar-refractivity contribution in [1.29, 1.82) is 0 Å². The van der Waals surface area contributed by atoms with E-state index in [9.17, 15) is 10.2 Å². The zero-order valence-electron chi connectivity index (χ0n) is 8.92. The van der Waals surface area contributed by atoms with Crippen molar-refractivity contribution in [1.82, 2.24) is 0 Å². The summed E-state index contributed by atoms with van der Waals surface area (Å²) < 4.78 is 0. The number of aliphatic hydroxyl groups excluding tert-OH is 1. The van der Waals surface area contributed by atoms with E-state index < -0.39 is 17.3 Å². The van der Waals surface area contributed by atoms with E-state index in [1.807, 2.05) is 0 Å². The quantitative estimate of drug-likeness (QED) is 0.513. The molecule has 0 amide bonds. The lowest BCUT2D eigenvalue weighted by molar-refractivity contribution is -0.00784. The van der Waals surface area contributed by atoms with Gasteiger partial charge in [-0.2, -0.15) is 0 Å². The van der Waals surface area contributed by atoms with Crippen LogP contribution in [0.4, 0.5) is 0 Å². The van der Waals surface area contributed by atoms with E-state index in [0.29, 0.717) is 0 Å². The highest BCUT2D eigenvalue weighted by Gasteiger charge is 2.23. The highest BCUT2D eigenvalue weighted by Crippen LogP contribution is 2.06. The van der Waals surface area contributed by atoms with E-state index in [1.54, 1.807) is 0 Å². The first-order valence-electron chi connectivity index (χ1n) is 4.32. The van der Waals surface area contributed by atoms with Gasteiger partial charge in [-0.1, -0.05) is 11.8 Å². The molecule has 0 aromatic carbocycles. The molecule has 0 radical (unpaired) electrons. The first-order valence-corrected chi connectivity index (χ1v) is 4.32. The van der Waals surface area contributed by atoms with Crippen LogP contribution >= 0.6 is 0 Å². The molecular weight excluding hydrogens is 180 g/mol. The lowest BCUT2D eigenvalue weighted by atomic mass is 10.0. The second-order valence-corrected chi connectivity index (χ2v) is 3.88. The van der Waals surface area contributed by atoms with Gasteiger partial charge in [0, 0.05) is 0 Å². The third-order valence-electron chi connectivity index (χ3n) is 1.56. The number of aliphatic hydroxyl groups is 3. The summed E-state index contributed by atoms with van der Waals surface area (Å²) in [4.78, 5) is 0. The normalized spacial score (nSPS) is 16.8. The minimum Gasteiger partial charge on any atom is -0.389 e. The van der Waals surface area contributed by atoms with Crippen molar-refractivity contribution in [3.8, 4) is 23.7 Å². The van der Waals surface area contributed by atoms with Crippen LogP contribution in [0.2, 0.25) is 0 Å². The lowest BCUT2D eigenvalue weighted by Crippen LogP contribution is -2.35. The van der Waals surface area contributed by atoms with Gasteiger partial charge in [-0.05, 0) is 39.5 Å². The Bertz CT molecular complexity index is 299. The van der Waals surface area contributed by atoms with Crippen LogP contribution in [0.1, 0.15) is 27.7 Å². The van der Waals surface area contributed by atoms with Crippen molar-refractivity contribution in [2.24, 2.45) is 0 Å². The van der Waals surface area contributed by atoms with Gasteiger partial charge in [-0.3, -0.25) is 0 Å². The van der Waals surface area contributed by atoms with E-state index in [2.05, 4.69) is 23.7 Å². The molecule has 0 saturated carbocycles. The first-order chi connectivity index (χ1) is 6.15. The summed E-state index contributed by atoms with van der Waals surface area (Å²) in [5, 5.41) is 27.8. The van der Waals surface area contributed by atoms with Gasteiger partial charge in [0.05, 0.1) is 6.10 Å². The van der Waals surface area contributed by atoms with Crippen molar-refractivity contribution < 1.29 is 15.3 Å². The average Bonchev–Trinajstić information content (AvgIpc) is 1.96. The summed E-state index contributed by atoms with van der Waals surface area (Å²) in [5.74, 6) is 9.66. The summed E-state index contributed by atoms with van der Waals surface area (Å²) in [5.41, 5.74) is -2.56. The molecule has 0 fully saturated rings. The molecule has 3 nitrogen and oxygen atoms in total. The maximum Gasteiger partial charge on any atom is 0.149 e. The Morgan fingerprint density at radius 3 is 1.79 bits per heavy atom. The standard InChI is InChI=1S/C11H16O3/c1-9(12)11(4,14)8-6-5-7-10(2,3)13/h9,12-14H,1-4H3. The van der Waals surface area contributed by atoms with E-state index in [4.69, 9.17) is 5.11 Å². The van der Waals surface area contributed by atoms with Crippen LogP contribution in [0.15, 0.2) is 0 Å². The summed E-state index contributed by atoms with van der Waals surface area (Å²) in [6.07, 6.45) is -0.945. The summed E-state index contributed by atoms with van der Waals surface area (Å²) in [6, 6.07) is 0.